The number of aryl methyl sites for hydroxylation is 1. The van der Waals surface area contributed by atoms with Crippen molar-refractivity contribution < 1.29 is 9.90 Å². The van der Waals surface area contributed by atoms with Crippen LogP contribution in [0.2, 0.25) is 0 Å². The molecule has 0 unspecified atom stereocenters. The molecule has 1 saturated carbocycles. The lowest BCUT2D eigenvalue weighted by atomic mass is 9.82. The number of carbonyl (C=O) groups excluding carboxylic acids is 1. The first-order valence-electron chi connectivity index (χ1n) is 5.66. The second-order valence-corrected chi connectivity index (χ2v) is 4.75. The van der Waals surface area contributed by atoms with Gasteiger partial charge in [0, 0.05) is 11.6 Å². The van der Waals surface area contributed by atoms with Gasteiger partial charge in [-0.2, -0.15) is 0 Å². The Balaban J connectivity index is 2.01. The Morgan fingerprint density at radius 1 is 1.44 bits per heavy atom. The number of amides is 1. The Hall–Kier alpha value is -1.51. The maximum atomic E-state index is 11.8. The molecule has 2 rings (SSSR count). The van der Waals surface area contributed by atoms with Gasteiger partial charge >= 0.3 is 0 Å². The van der Waals surface area contributed by atoms with Gasteiger partial charge in [0.1, 0.15) is 5.75 Å². The standard InChI is InChI=1S/C13H17NO2/c1-8-5-11(6-8)14-13(16)10-3-4-12(15)9(2)7-10/h3-4,7-8,11,15H,5-6H2,1-2H3,(H,14,16). The van der Waals surface area contributed by atoms with E-state index in [9.17, 15) is 9.90 Å². The van der Waals surface area contributed by atoms with Gasteiger partial charge < -0.3 is 10.4 Å². The normalized spacial score (nSPS) is 23.6. The molecule has 86 valence electrons. The third kappa shape index (κ3) is 2.18. The molecule has 0 radical (unpaired) electrons. The molecular weight excluding hydrogens is 202 g/mol. The molecule has 0 aromatic heterocycles. The second-order valence-electron chi connectivity index (χ2n) is 4.75. The average Bonchev–Trinajstić information content (AvgIpc) is 2.19. The van der Waals surface area contributed by atoms with Gasteiger partial charge in [-0.25, -0.2) is 0 Å². The van der Waals surface area contributed by atoms with Crippen molar-refractivity contribution in [1.82, 2.24) is 5.32 Å². The quantitative estimate of drug-likeness (QED) is 0.801. The van der Waals surface area contributed by atoms with E-state index in [1.165, 1.54) is 0 Å². The SMILES string of the molecule is Cc1cc(C(=O)NC2CC(C)C2)ccc1O. The minimum Gasteiger partial charge on any atom is -0.508 e. The largest absolute Gasteiger partial charge is 0.508 e. The number of nitrogens with one attached hydrogen (secondary N) is 1. The van der Waals surface area contributed by atoms with E-state index >= 15 is 0 Å². The zero-order valence-corrected chi connectivity index (χ0v) is 9.66. The topological polar surface area (TPSA) is 49.3 Å². The van der Waals surface area contributed by atoms with E-state index in [2.05, 4.69) is 12.2 Å². The number of hydrogen-bond acceptors (Lipinski definition) is 2. The molecule has 1 amide bonds. The summed E-state index contributed by atoms with van der Waals surface area (Å²) in [6.45, 7) is 3.98. The van der Waals surface area contributed by atoms with Crippen LogP contribution in [-0.4, -0.2) is 17.1 Å². The van der Waals surface area contributed by atoms with E-state index in [0.717, 1.165) is 24.3 Å². The van der Waals surface area contributed by atoms with Gasteiger partial charge in [-0.05, 0) is 49.4 Å². The van der Waals surface area contributed by atoms with Crippen molar-refractivity contribution in [2.75, 3.05) is 0 Å². The highest BCUT2D eigenvalue weighted by molar-refractivity contribution is 5.94. The Morgan fingerprint density at radius 2 is 2.12 bits per heavy atom. The lowest BCUT2D eigenvalue weighted by Crippen LogP contribution is -2.43. The summed E-state index contributed by atoms with van der Waals surface area (Å²) in [7, 11) is 0. The summed E-state index contributed by atoms with van der Waals surface area (Å²) in [6.07, 6.45) is 2.14. The van der Waals surface area contributed by atoms with E-state index in [0.29, 0.717) is 11.6 Å². The van der Waals surface area contributed by atoms with Crippen LogP contribution in [0.5, 0.6) is 5.75 Å². The maximum Gasteiger partial charge on any atom is 0.251 e. The predicted octanol–water partition coefficient (Wildman–Crippen LogP) is 2.23. The molecule has 0 atom stereocenters. The molecule has 1 aromatic carbocycles. The van der Waals surface area contributed by atoms with E-state index in [1.807, 2.05) is 0 Å². The molecule has 0 heterocycles. The minimum atomic E-state index is -0.0417. The fraction of sp³-hybridized carbons (Fsp3) is 0.462. The van der Waals surface area contributed by atoms with E-state index in [4.69, 9.17) is 0 Å². The highest BCUT2D eigenvalue weighted by Gasteiger charge is 2.26. The van der Waals surface area contributed by atoms with Crippen molar-refractivity contribution in [3.05, 3.63) is 29.3 Å². The molecule has 0 saturated heterocycles. The molecule has 0 spiro atoms. The molecule has 16 heavy (non-hydrogen) atoms. The smallest absolute Gasteiger partial charge is 0.251 e. The van der Waals surface area contributed by atoms with Gasteiger partial charge in [0.15, 0.2) is 0 Å². The monoisotopic (exact) mass is 219 g/mol. The first kappa shape index (κ1) is 11.0. The van der Waals surface area contributed by atoms with Crippen molar-refractivity contribution in [2.24, 2.45) is 5.92 Å². The molecule has 1 aliphatic carbocycles. The Kier molecular flexibility index (Phi) is 2.86. The van der Waals surface area contributed by atoms with Crippen molar-refractivity contribution >= 4 is 5.91 Å². The van der Waals surface area contributed by atoms with Crippen molar-refractivity contribution in [2.45, 2.75) is 32.7 Å². The van der Waals surface area contributed by atoms with Crippen LogP contribution >= 0.6 is 0 Å². The molecule has 2 N–H and O–H groups in total. The van der Waals surface area contributed by atoms with Crippen LogP contribution in [0.4, 0.5) is 0 Å². The van der Waals surface area contributed by atoms with Gasteiger partial charge in [0.2, 0.25) is 0 Å². The fourth-order valence-electron chi connectivity index (χ4n) is 2.09. The van der Waals surface area contributed by atoms with Crippen LogP contribution in [0, 0.1) is 12.8 Å². The fourth-order valence-corrected chi connectivity index (χ4v) is 2.09. The van der Waals surface area contributed by atoms with Gasteiger partial charge in [-0.1, -0.05) is 6.92 Å². The van der Waals surface area contributed by atoms with Crippen LogP contribution in [0.25, 0.3) is 0 Å². The highest BCUT2D eigenvalue weighted by atomic mass is 16.3. The molecule has 0 bridgehead atoms. The Bertz CT molecular complexity index is 408. The third-order valence-electron chi connectivity index (χ3n) is 3.17. The third-order valence-corrected chi connectivity index (χ3v) is 3.17. The van der Waals surface area contributed by atoms with Crippen LogP contribution in [0.1, 0.15) is 35.7 Å². The lowest BCUT2D eigenvalue weighted by Gasteiger charge is -2.33. The molecular formula is C13H17NO2. The molecule has 0 aliphatic heterocycles. The molecule has 3 nitrogen and oxygen atoms in total. The number of rotatable bonds is 2. The van der Waals surface area contributed by atoms with Gasteiger partial charge in [0.25, 0.3) is 5.91 Å². The summed E-state index contributed by atoms with van der Waals surface area (Å²) in [4.78, 5) is 11.8. The van der Waals surface area contributed by atoms with E-state index < -0.39 is 0 Å². The lowest BCUT2D eigenvalue weighted by molar-refractivity contribution is 0.0896. The zero-order valence-electron chi connectivity index (χ0n) is 9.66. The van der Waals surface area contributed by atoms with Crippen LogP contribution < -0.4 is 5.32 Å². The molecule has 1 aliphatic rings. The number of hydrogen-bond donors (Lipinski definition) is 2. The zero-order chi connectivity index (χ0) is 11.7. The second kappa shape index (κ2) is 4.16. The van der Waals surface area contributed by atoms with E-state index in [1.54, 1.807) is 25.1 Å². The molecule has 1 aromatic rings. The number of carbonyl (C=O) groups is 1. The summed E-state index contributed by atoms with van der Waals surface area (Å²) in [6, 6.07) is 5.26. The Labute approximate surface area is 95.5 Å². The molecule has 3 heteroatoms. The average molecular weight is 219 g/mol. The summed E-state index contributed by atoms with van der Waals surface area (Å²) in [5.74, 6) is 0.917. The highest BCUT2D eigenvalue weighted by Crippen LogP contribution is 2.26. The molecule has 1 fully saturated rings. The first-order valence-corrected chi connectivity index (χ1v) is 5.66. The summed E-state index contributed by atoms with van der Waals surface area (Å²) in [5.41, 5.74) is 1.35. The number of phenols is 1. The number of aromatic hydroxyl groups is 1. The van der Waals surface area contributed by atoms with Crippen LogP contribution in [-0.2, 0) is 0 Å². The minimum absolute atomic E-state index is 0.0417. The summed E-state index contributed by atoms with van der Waals surface area (Å²) in [5, 5.41) is 12.4. The van der Waals surface area contributed by atoms with E-state index in [-0.39, 0.29) is 11.7 Å². The maximum absolute atomic E-state index is 11.8. The van der Waals surface area contributed by atoms with Crippen LogP contribution in [0.3, 0.4) is 0 Å². The number of benzene rings is 1. The van der Waals surface area contributed by atoms with Crippen molar-refractivity contribution in [3.63, 3.8) is 0 Å². The summed E-state index contributed by atoms with van der Waals surface area (Å²) < 4.78 is 0. The van der Waals surface area contributed by atoms with Gasteiger partial charge in [-0.15, -0.1) is 0 Å². The van der Waals surface area contributed by atoms with Crippen molar-refractivity contribution in [3.8, 4) is 5.75 Å². The number of phenolic OH excluding ortho intramolecular Hbond substituents is 1. The van der Waals surface area contributed by atoms with Crippen LogP contribution in [0.15, 0.2) is 18.2 Å². The Morgan fingerprint density at radius 3 is 2.69 bits per heavy atom. The first-order chi connectivity index (χ1) is 7.56. The van der Waals surface area contributed by atoms with Crippen molar-refractivity contribution in [1.29, 1.82) is 0 Å². The predicted molar refractivity (Wildman–Crippen MR) is 62.5 cm³/mol. The van der Waals surface area contributed by atoms with Gasteiger partial charge in [0.05, 0.1) is 0 Å². The van der Waals surface area contributed by atoms with Gasteiger partial charge in [-0.3, -0.25) is 4.79 Å². The summed E-state index contributed by atoms with van der Waals surface area (Å²) >= 11 is 0.